The summed E-state index contributed by atoms with van der Waals surface area (Å²) < 4.78 is 11.1. The Balaban J connectivity index is 1.56. The quantitative estimate of drug-likeness (QED) is 0.846. The van der Waals surface area contributed by atoms with Crippen LogP contribution in [0.5, 0.6) is 5.75 Å². The summed E-state index contributed by atoms with van der Waals surface area (Å²) in [6.45, 7) is 3.47. The maximum absolute atomic E-state index is 12.8. The number of hydrogen-bond donors (Lipinski definition) is 2. The van der Waals surface area contributed by atoms with Gasteiger partial charge in [-0.05, 0) is 50.9 Å². The van der Waals surface area contributed by atoms with Crippen LogP contribution in [0.15, 0.2) is 24.3 Å². The fourth-order valence-electron chi connectivity index (χ4n) is 3.83. The molecule has 0 spiro atoms. The number of amides is 1. The summed E-state index contributed by atoms with van der Waals surface area (Å²) >= 11 is 0. The topological polar surface area (TPSA) is 62.8 Å². The van der Waals surface area contributed by atoms with Gasteiger partial charge in [-0.2, -0.15) is 0 Å². The maximum Gasteiger partial charge on any atom is 0.252 e. The molecule has 0 aromatic heterocycles. The number of hydrogen-bond acceptors (Lipinski definition) is 5. The Kier molecular flexibility index (Phi) is 5.81. The van der Waals surface area contributed by atoms with E-state index in [0.717, 1.165) is 63.3 Å². The molecule has 3 rings (SSSR count). The number of benzene rings is 1. The van der Waals surface area contributed by atoms with Crippen molar-refractivity contribution in [2.75, 3.05) is 45.3 Å². The molecular formula is C19H29N3O3. The lowest BCUT2D eigenvalue weighted by Crippen LogP contribution is -2.57. The smallest absolute Gasteiger partial charge is 0.252 e. The molecule has 2 fully saturated rings. The van der Waals surface area contributed by atoms with Crippen molar-refractivity contribution in [1.82, 2.24) is 10.6 Å². The molecule has 2 saturated heterocycles. The fourth-order valence-corrected chi connectivity index (χ4v) is 3.83. The number of methoxy groups -OCH3 is 2. The molecule has 0 unspecified atom stereocenters. The molecule has 0 aliphatic carbocycles. The van der Waals surface area contributed by atoms with Gasteiger partial charge in [0.05, 0.1) is 12.8 Å². The van der Waals surface area contributed by atoms with Gasteiger partial charge in [-0.25, -0.2) is 0 Å². The van der Waals surface area contributed by atoms with Gasteiger partial charge < -0.3 is 25.0 Å². The van der Waals surface area contributed by atoms with Gasteiger partial charge in [-0.3, -0.25) is 4.79 Å². The molecule has 1 aromatic rings. The van der Waals surface area contributed by atoms with Gasteiger partial charge in [0.1, 0.15) is 11.4 Å². The first-order chi connectivity index (χ1) is 12.2. The third-order valence-electron chi connectivity index (χ3n) is 5.47. The van der Waals surface area contributed by atoms with E-state index >= 15 is 0 Å². The van der Waals surface area contributed by atoms with Gasteiger partial charge in [0, 0.05) is 26.2 Å². The SMILES string of the molecule is COc1ccccc1N1CCC(NC(=O)C2(OC)CCNCC2)CC1. The van der Waals surface area contributed by atoms with Crippen LogP contribution in [0.25, 0.3) is 0 Å². The number of nitrogens with zero attached hydrogens (tertiary/aromatic N) is 1. The normalized spacial score (nSPS) is 21.0. The highest BCUT2D eigenvalue weighted by Gasteiger charge is 2.40. The molecule has 0 saturated carbocycles. The Morgan fingerprint density at radius 3 is 2.52 bits per heavy atom. The molecule has 2 aliphatic rings. The lowest BCUT2D eigenvalue weighted by Gasteiger charge is -2.38. The number of piperidine rings is 2. The summed E-state index contributed by atoms with van der Waals surface area (Å²) in [6, 6.07) is 8.30. The highest BCUT2D eigenvalue weighted by atomic mass is 16.5. The minimum Gasteiger partial charge on any atom is -0.495 e. The molecule has 1 aromatic carbocycles. The second-order valence-electron chi connectivity index (χ2n) is 6.86. The first kappa shape index (κ1) is 18.0. The van der Waals surface area contributed by atoms with Gasteiger partial charge in [0.15, 0.2) is 0 Å². The summed E-state index contributed by atoms with van der Waals surface area (Å²) in [7, 11) is 3.35. The zero-order valence-electron chi connectivity index (χ0n) is 15.2. The van der Waals surface area contributed by atoms with Crippen LogP contribution in [-0.4, -0.2) is 57.9 Å². The van der Waals surface area contributed by atoms with E-state index in [-0.39, 0.29) is 11.9 Å². The predicted molar refractivity (Wildman–Crippen MR) is 98.2 cm³/mol. The average molecular weight is 347 g/mol. The third-order valence-corrected chi connectivity index (χ3v) is 5.47. The minimum absolute atomic E-state index is 0.0484. The molecule has 0 atom stereocenters. The highest BCUT2D eigenvalue weighted by molar-refractivity contribution is 5.85. The molecule has 2 aliphatic heterocycles. The van der Waals surface area contributed by atoms with Crippen molar-refractivity contribution in [3.05, 3.63) is 24.3 Å². The van der Waals surface area contributed by atoms with E-state index in [1.54, 1.807) is 14.2 Å². The molecular weight excluding hydrogens is 318 g/mol. The highest BCUT2D eigenvalue weighted by Crippen LogP contribution is 2.30. The number of carbonyl (C=O) groups is 1. The Bertz CT molecular complexity index is 579. The van der Waals surface area contributed by atoms with Crippen molar-refractivity contribution in [2.45, 2.75) is 37.3 Å². The van der Waals surface area contributed by atoms with Crippen LogP contribution in [0.3, 0.4) is 0 Å². The van der Waals surface area contributed by atoms with Gasteiger partial charge in [0.2, 0.25) is 0 Å². The van der Waals surface area contributed by atoms with Crippen molar-refractivity contribution in [3.8, 4) is 5.75 Å². The van der Waals surface area contributed by atoms with E-state index in [9.17, 15) is 4.79 Å². The minimum atomic E-state index is -0.662. The number of nitrogens with one attached hydrogen (secondary N) is 2. The van der Waals surface area contributed by atoms with Crippen LogP contribution < -0.4 is 20.3 Å². The summed E-state index contributed by atoms with van der Waals surface area (Å²) in [5, 5.41) is 6.52. The lowest BCUT2D eigenvalue weighted by molar-refractivity contribution is -0.147. The van der Waals surface area contributed by atoms with Crippen LogP contribution in [-0.2, 0) is 9.53 Å². The van der Waals surface area contributed by atoms with Crippen molar-refractivity contribution in [3.63, 3.8) is 0 Å². The van der Waals surface area contributed by atoms with Crippen molar-refractivity contribution >= 4 is 11.6 Å². The Hall–Kier alpha value is -1.79. The molecule has 2 heterocycles. The van der Waals surface area contributed by atoms with E-state index in [0.29, 0.717) is 0 Å². The van der Waals surface area contributed by atoms with Crippen LogP contribution in [0.1, 0.15) is 25.7 Å². The summed E-state index contributed by atoms with van der Waals surface area (Å²) in [5.41, 5.74) is 0.465. The first-order valence-electron chi connectivity index (χ1n) is 9.13. The average Bonchev–Trinajstić information content (AvgIpc) is 2.69. The molecule has 25 heavy (non-hydrogen) atoms. The fraction of sp³-hybridized carbons (Fsp3) is 0.632. The number of rotatable bonds is 5. The third kappa shape index (κ3) is 3.90. The van der Waals surface area contributed by atoms with E-state index in [1.807, 2.05) is 18.2 Å². The van der Waals surface area contributed by atoms with E-state index < -0.39 is 5.60 Å². The second kappa shape index (κ2) is 8.06. The van der Waals surface area contributed by atoms with Crippen molar-refractivity contribution in [2.24, 2.45) is 0 Å². The summed E-state index contributed by atoms with van der Waals surface area (Å²) in [4.78, 5) is 15.1. The zero-order chi connectivity index (χ0) is 17.7. The molecule has 6 nitrogen and oxygen atoms in total. The van der Waals surface area contributed by atoms with E-state index in [2.05, 4.69) is 21.6 Å². The summed E-state index contributed by atoms with van der Waals surface area (Å²) in [5.74, 6) is 0.949. The largest absolute Gasteiger partial charge is 0.495 e. The zero-order valence-corrected chi connectivity index (χ0v) is 15.2. The van der Waals surface area contributed by atoms with Crippen LogP contribution in [0.4, 0.5) is 5.69 Å². The Morgan fingerprint density at radius 1 is 1.20 bits per heavy atom. The maximum atomic E-state index is 12.8. The lowest BCUT2D eigenvalue weighted by atomic mass is 9.90. The molecule has 1 amide bonds. The van der Waals surface area contributed by atoms with E-state index in [4.69, 9.17) is 9.47 Å². The number of para-hydroxylation sites is 2. The van der Waals surface area contributed by atoms with Gasteiger partial charge >= 0.3 is 0 Å². The van der Waals surface area contributed by atoms with Gasteiger partial charge in [-0.15, -0.1) is 0 Å². The van der Waals surface area contributed by atoms with Crippen molar-refractivity contribution < 1.29 is 14.3 Å². The predicted octanol–water partition coefficient (Wildman–Crippen LogP) is 1.55. The number of carbonyl (C=O) groups excluding carboxylic acids is 1. The van der Waals surface area contributed by atoms with Gasteiger partial charge in [-0.1, -0.05) is 12.1 Å². The van der Waals surface area contributed by atoms with Crippen LogP contribution >= 0.6 is 0 Å². The Labute approximate surface area is 149 Å². The molecule has 0 bridgehead atoms. The standard InChI is InChI=1S/C19H29N3O3/c1-24-17-6-4-3-5-16(17)22-13-7-15(8-14-22)21-18(23)19(25-2)9-11-20-12-10-19/h3-6,15,20H,7-14H2,1-2H3,(H,21,23). The molecule has 2 N–H and O–H groups in total. The molecule has 6 heteroatoms. The summed E-state index contributed by atoms with van der Waals surface area (Å²) in [6.07, 6.45) is 3.33. The number of anilines is 1. The Morgan fingerprint density at radius 2 is 1.88 bits per heavy atom. The first-order valence-corrected chi connectivity index (χ1v) is 9.13. The molecule has 0 radical (unpaired) electrons. The number of ether oxygens (including phenoxy) is 2. The monoisotopic (exact) mass is 347 g/mol. The second-order valence-corrected chi connectivity index (χ2v) is 6.86. The van der Waals surface area contributed by atoms with Gasteiger partial charge in [0.25, 0.3) is 5.91 Å². The van der Waals surface area contributed by atoms with Crippen molar-refractivity contribution in [1.29, 1.82) is 0 Å². The van der Waals surface area contributed by atoms with Crippen LogP contribution in [0.2, 0.25) is 0 Å². The van der Waals surface area contributed by atoms with Crippen LogP contribution in [0, 0.1) is 0 Å². The van der Waals surface area contributed by atoms with E-state index in [1.165, 1.54) is 0 Å². The molecule has 138 valence electrons.